The number of nitrogens with zero attached hydrogens (tertiary/aromatic N) is 2. The lowest BCUT2D eigenvalue weighted by Gasteiger charge is -2.21. The van der Waals surface area contributed by atoms with Crippen molar-refractivity contribution in [2.45, 2.75) is 45.6 Å². The van der Waals surface area contributed by atoms with Gasteiger partial charge in [-0.15, -0.1) is 0 Å². The van der Waals surface area contributed by atoms with E-state index in [2.05, 4.69) is 10.3 Å². The summed E-state index contributed by atoms with van der Waals surface area (Å²) < 4.78 is 33.2. The summed E-state index contributed by atoms with van der Waals surface area (Å²) in [6.07, 6.45) is -0.169. The van der Waals surface area contributed by atoms with Crippen LogP contribution in [0, 0.1) is 6.92 Å². The van der Waals surface area contributed by atoms with Gasteiger partial charge in [0.15, 0.2) is 0 Å². The molecule has 0 atom stereocenters. The average molecular weight is 490 g/mol. The van der Waals surface area contributed by atoms with Crippen molar-refractivity contribution in [1.29, 1.82) is 0 Å². The molecule has 0 saturated heterocycles. The number of aromatic nitrogens is 1. The van der Waals surface area contributed by atoms with Crippen LogP contribution in [-0.4, -0.2) is 42.8 Å². The lowest BCUT2D eigenvalue weighted by atomic mass is 10.1. The quantitative estimate of drug-likeness (QED) is 0.465. The molecule has 1 heterocycles. The Bertz CT molecular complexity index is 1290. The number of anilines is 1. The van der Waals surface area contributed by atoms with Crippen molar-refractivity contribution in [2.75, 3.05) is 18.4 Å². The van der Waals surface area contributed by atoms with E-state index >= 15 is 0 Å². The van der Waals surface area contributed by atoms with Gasteiger partial charge in [-0.25, -0.2) is 8.42 Å². The highest BCUT2D eigenvalue weighted by atomic mass is 35.5. The Hall–Kier alpha value is -2.68. The van der Waals surface area contributed by atoms with Crippen LogP contribution in [0.5, 0.6) is 5.75 Å². The second kappa shape index (κ2) is 10.1. The third-order valence-corrected chi connectivity index (χ3v) is 7.40. The van der Waals surface area contributed by atoms with Gasteiger partial charge in [-0.3, -0.25) is 9.78 Å². The van der Waals surface area contributed by atoms with Crippen molar-refractivity contribution in [1.82, 2.24) is 9.29 Å². The first-order valence-corrected chi connectivity index (χ1v) is 12.6. The van der Waals surface area contributed by atoms with Crippen LogP contribution >= 0.6 is 11.6 Å². The molecule has 9 heteroatoms. The monoisotopic (exact) mass is 489 g/mol. The first kappa shape index (κ1) is 25.0. The van der Waals surface area contributed by atoms with E-state index in [0.29, 0.717) is 35.1 Å². The molecular weight excluding hydrogens is 462 g/mol. The largest absolute Gasteiger partial charge is 0.489 e. The Balaban J connectivity index is 2.04. The number of sulfonamides is 1. The van der Waals surface area contributed by atoms with Gasteiger partial charge in [0.1, 0.15) is 5.75 Å². The maximum Gasteiger partial charge on any atom is 0.257 e. The van der Waals surface area contributed by atoms with E-state index in [0.717, 1.165) is 10.9 Å². The van der Waals surface area contributed by atoms with E-state index in [4.69, 9.17) is 16.3 Å². The van der Waals surface area contributed by atoms with Crippen molar-refractivity contribution in [2.24, 2.45) is 0 Å². The van der Waals surface area contributed by atoms with Crippen LogP contribution in [0.15, 0.2) is 47.4 Å². The molecule has 33 heavy (non-hydrogen) atoms. The van der Waals surface area contributed by atoms with Gasteiger partial charge < -0.3 is 10.1 Å². The average Bonchev–Trinajstić information content (AvgIpc) is 2.75. The summed E-state index contributed by atoms with van der Waals surface area (Å²) in [7, 11) is -3.71. The number of pyridine rings is 1. The first-order chi connectivity index (χ1) is 15.6. The number of ether oxygens (including phenoxy) is 1. The normalized spacial score (nSPS) is 11.9. The van der Waals surface area contributed by atoms with Crippen LogP contribution < -0.4 is 10.1 Å². The summed E-state index contributed by atoms with van der Waals surface area (Å²) in [5.74, 6) is -0.0424. The number of fused-ring (bicyclic) bond motifs is 1. The predicted molar refractivity (Wildman–Crippen MR) is 132 cm³/mol. The molecule has 0 spiro atoms. The Labute approximate surface area is 199 Å². The summed E-state index contributed by atoms with van der Waals surface area (Å²) in [5, 5.41) is 4.09. The van der Waals surface area contributed by atoms with Crippen molar-refractivity contribution in [3.8, 4) is 5.75 Å². The van der Waals surface area contributed by atoms with Crippen molar-refractivity contribution >= 4 is 44.1 Å². The molecule has 1 aromatic heterocycles. The molecule has 0 saturated carbocycles. The fraction of sp³-hybridized carbons (Fsp3) is 0.333. The van der Waals surface area contributed by atoms with E-state index in [9.17, 15) is 13.2 Å². The van der Waals surface area contributed by atoms with Gasteiger partial charge in [0.05, 0.1) is 33.5 Å². The molecule has 0 fully saturated rings. The summed E-state index contributed by atoms with van der Waals surface area (Å²) >= 11 is 6.09. The van der Waals surface area contributed by atoms with Crippen molar-refractivity contribution < 1.29 is 17.9 Å². The van der Waals surface area contributed by atoms with Crippen LogP contribution in [-0.2, 0) is 10.0 Å². The summed E-state index contributed by atoms with van der Waals surface area (Å²) in [6, 6.07) is 11.5. The molecule has 1 amide bonds. The number of aryl methyl sites for hydroxylation is 1. The number of hydrogen-bond donors (Lipinski definition) is 1. The minimum Gasteiger partial charge on any atom is -0.489 e. The molecule has 3 rings (SSSR count). The molecule has 7 nitrogen and oxygen atoms in total. The van der Waals surface area contributed by atoms with Crippen LogP contribution in [0.1, 0.15) is 43.7 Å². The molecule has 3 aromatic rings. The number of amides is 1. The van der Waals surface area contributed by atoms with Crippen molar-refractivity contribution in [3.63, 3.8) is 0 Å². The molecule has 2 aromatic carbocycles. The Kier molecular flexibility index (Phi) is 7.62. The third kappa shape index (κ3) is 5.46. The van der Waals surface area contributed by atoms with Gasteiger partial charge in [-0.05, 0) is 63.2 Å². The van der Waals surface area contributed by atoms with Crippen LogP contribution in [0.2, 0.25) is 5.02 Å². The van der Waals surface area contributed by atoms with Gasteiger partial charge in [0.2, 0.25) is 10.0 Å². The fourth-order valence-electron chi connectivity index (χ4n) is 3.50. The lowest BCUT2D eigenvalue weighted by Crippen LogP contribution is -2.30. The van der Waals surface area contributed by atoms with E-state index in [1.54, 1.807) is 51.1 Å². The molecule has 1 N–H and O–H groups in total. The van der Waals surface area contributed by atoms with Gasteiger partial charge in [0, 0.05) is 23.5 Å². The summed E-state index contributed by atoms with van der Waals surface area (Å²) in [5.41, 5.74) is 1.90. The number of carbonyl (C=O) groups is 1. The summed E-state index contributed by atoms with van der Waals surface area (Å²) in [4.78, 5) is 17.8. The van der Waals surface area contributed by atoms with Gasteiger partial charge in [-0.2, -0.15) is 4.31 Å². The van der Waals surface area contributed by atoms with Crippen LogP contribution in [0.3, 0.4) is 0 Å². The standard InChI is InChI=1S/C24H28ClN3O4S/c1-6-28(7-2)33(30,31)19-9-11-23(32-15(3)4)22(14-19)27-24(29)20-13-17-12-18(25)8-10-21(17)26-16(20)5/h8-15H,6-7H2,1-5H3,(H,27,29). The van der Waals surface area contributed by atoms with Gasteiger partial charge in [-0.1, -0.05) is 25.4 Å². The van der Waals surface area contributed by atoms with E-state index in [-0.39, 0.29) is 16.7 Å². The predicted octanol–water partition coefficient (Wildman–Crippen LogP) is 5.27. The molecule has 0 radical (unpaired) electrons. The molecular formula is C24H28ClN3O4S. The zero-order valence-corrected chi connectivity index (χ0v) is 20.9. The molecule has 0 unspecified atom stereocenters. The van der Waals surface area contributed by atoms with E-state index in [1.807, 2.05) is 13.8 Å². The summed E-state index contributed by atoms with van der Waals surface area (Å²) in [6.45, 7) is 9.70. The topological polar surface area (TPSA) is 88.6 Å². The maximum atomic E-state index is 13.2. The highest BCUT2D eigenvalue weighted by Crippen LogP contribution is 2.31. The highest BCUT2D eigenvalue weighted by Gasteiger charge is 2.24. The molecule has 0 bridgehead atoms. The zero-order valence-electron chi connectivity index (χ0n) is 19.3. The SMILES string of the molecule is CCN(CC)S(=O)(=O)c1ccc(OC(C)C)c(NC(=O)c2cc3cc(Cl)ccc3nc2C)c1. The highest BCUT2D eigenvalue weighted by molar-refractivity contribution is 7.89. The number of carbonyl (C=O) groups excluding carboxylic acids is 1. The number of nitrogens with one attached hydrogen (secondary N) is 1. The Morgan fingerprint density at radius 1 is 1.12 bits per heavy atom. The van der Waals surface area contributed by atoms with Crippen LogP contribution in [0.25, 0.3) is 10.9 Å². The fourth-order valence-corrected chi connectivity index (χ4v) is 5.16. The number of hydrogen-bond acceptors (Lipinski definition) is 5. The van der Waals surface area contributed by atoms with E-state index < -0.39 is 15.9 Å². The number of halogens is 1. The molecule has 0 aliphatic heterocycles. The van der Waals surface area contributed by atoms with Gasteiger partial charge >= 0.3 is 0 Å². The van der Waals surface area contributed by atoms with Gasteiger partial charge in [0.25, 0.3) is 5.91 Å². The minimum atomic E-state index is -3.71. The smallest absolute Gasteiger partial charge is 0.257 e. The lowest BCUT2D eigenvalue weighted by molar-refractivity contribution is 0.102. The molecule has 0 aliphatic carbocycles. The minimum absolute atomic E-state index is 0.0812. The first-order valence-electron chi connectivity index (χ1n) is 10.8. The molecule has 176 valence electrons. The van der Waals surface area contributed by atoms with E-state index in [1.165, 1.54) is 16.4 Å². The van der Waals surface area contributed by atoms with Crippen LogP contribution in [0.4, 0.5) is 5.69 Å². The Morgan fingerprint density at radius 2 is 1.82 bits per heavy atom. The Morgan fingerprint density at radius 3 is 2.45 bits per heavy atom. The zero-order chi connectivity index (χ0) is 24.3. The third-order valence-electron chi connectivity index (χ3n) is 5.12. The second-order valence-corrected chi connectivity index (χ2v) is 10.2. The van der Waals surface area contributed by atoms with Crippen molar-refractivity contribution in [3.05, 3.63) is 58.7 Å². The maximum absolute atomic E-state index is 13.2. The molecule has 0 aliphatic rings. The second-order valence-electron chi connectivity index (χ2n) is 7.83. The number of rotatable bonds is 8. The number of benzene rings is 2.